The molecule has 8 heteroatoms. The minimum absolute atomic E-state index is 0.322. The van der Waals surface area contributed by atoms with Crippen molar-refractivity contribution >= 4 is 11.9 Å². The summed E-state index contributed by atoms with van der Waals surface area (Å²) in [4.78, 5) is 12.4. The maximum absolute atomic E-state index is 8.63. The number of benzene rings is 3. The van der Waals surface area contributed by atoms with Crippen molar-refractivity contribution in [2.24, 2.45) is 34.5 Å². The lowest BCUT2D eigenvalue weighted by atomic mass is 9.61. The summed E-state index contributed by atoms with van der Waals surface area (Å²) in [6.45, 7) is 21.0. The number of nitrogens with zero attached hydrogens (tertiary/aromatic N) is 3. The lowest BCUT2D eigenvalue weighted by molar-refractivity contribution is 0.0738. The quantitative estimate of drug-likeness (QED) is 0.118. The van der Waals surface area contributed by atoms with Gasteiger partial charge >= 0.3 is 0 Å². The molecule has 5 N–H and O–H groups in total. The van der Waals surface area contributed by atoms with Gasteiger partial charge in [-0.2, -0.15) is 15.0 Å². The van der Waals surface area contributed by atoms with Crippen LogP contribution in [-0.2, 0) is 0 Å². The molecule has 0 bridgehead atoms. The smallest absolute Gasteiger partial charge is 0.227 e. The molecule has 4 fully saturated rings. The van der Waals surface area contributed by atoms with Crippen LogP contribution in [0.3, 0.4) is 0 Å². The Morgan fingerprint density at radius 2 is 0.636 bits per heavy atom. The van der Waals surface area contributed by atoms with E-state index in [-0.39, 0.29) is 0 Å². The summed E-state index contributed by atoms with van der Waals surface area (Å²) in [5, 5.41) is 32.0. The first-order valence-corrected chi connectivity index (χ1v) is 26.4. The van der Waals surface area contributed by atoms with E-state index in [1.807, 2.05) is 52.8 Å². The van der Waals surface area contributed by atoms with Gasteiger partial charge in [0.05, 0.1) is 0 Å². The molecule has 3 aromatic carbocycles. The molecule has 2 spiro atoms. The fourth-order valence-corrected chi connectivity index (χ4v) is 10.0. The van der Waals surface area contributed by atoms with Gasteiger partial charge in [0.15, 0.2) is 0 Å². The van der Waals surface area contributed by atoms with Crippen molar-refractivity contribution in [3.05, 3.63) is 96.8 Å². The average molecular weight is 910 g/mol. The van der Waals surface area contributed by atoms with Crippen molar-refractivity contribution in [2.45, 2.75) is 191 Å². The molecule has 4 aliphatic rings. The molecule has 8 nitrogen and oxygen atoms in total. The van der Waals surface area contributed by atoms with E-state index in [1.165, 1.54) is 77.0 Å². The van der Waals surface area contributed by atoms with Gasteiger partial charge in [0.2, 0.25) is 11.9 Å². The monoisotopic (exact) mass is 910 g/mol. The molecule has 1 aromatic heterocycles. The van der Waals surface area contributed by atoms with E-state index in [0.29, 0.717) is 29.1 Å². The first kappa shape index (κ1) is 57.8. The fourth-order valence-electron chi connectivity index (χ4n) is 10.0. The van der Waals surface area contributed by atoms with Crippen molar-refractivity contribution in [3.63, 3.8) is 0 Å². The number of hydrogen-bond donors (Lipinski definition) is 5. The third kappa shape index (κ3) is 23.4. The first-order chi connectivity index (χ1) is 32.0. The third-order valence-corrected chi connectivity index (χ3v) is 14.7. The minimum atomic E-state index is 0.322. The summed E-state index contributed by atoms with van der Waals surface area (Å²) in [7, 11) is 0. The standard InChI is InChI=1S/2C15H28.C8H15N5.3C6H6O.C2H6/c2*1-3-13-5-9-15(10-6-13)11-7-14(4-2)8-12-15;1-4-9-7-11-6(3)12-8(13-7)10-5-2;3*7-6-4-2-1-3-5-6;1-2/h2*13-14H,3-12H2,1-2H3;4-5H2,1-3H3,(H2,9,10,11,12,13);3*1-5,7H;1-2H3. The van der Waals surface area contributed by atoms with Gasteiger partial charge in [-0.3, -0.25) is 0 Å². The predicted octanol–water partition coefficient (Wildman–Crippen LogP) is 16.6. The molecule has 4 saturated carbocycles. The van der Waals surface area contributed by atoms with Gasteiger partial charge < -0.3 is 26.0 Å². The normalized spacial score (nSPS) is 23.8. The highest BCUT2D eigenvalue weighted by Crippen LogP contribution is 2.52. The lowest BCUT2D eigenvalue weighted by Gasteiger charge is -2.45. The summed E-state index contributed by atoms with van der Waals surface area (Å²) >= 11 is 0. The summed E-state index contributed by atoms with van der Waals surface area (Å²) in [5.74, 6) is 7.23. The average Bonchev–Trinajstić information content (AvgIpc) is 3.35. The predicted molar refractivity (Wildman–Crippen MR) is 282 cm³/mol. The van der Waals surface area contributed by atoms with Crippen LogP contribution in [0.2, 0.25) is 0 Å². The van der Waals surface area contributed by atoms with Crippen LogP contribution < -0.4 is 10.6 Å². The van der Waals surface area contributed by atoms with E-state index in [9.17, 15) is 0 Å². The zero-order valence-electron chi connectivity index (χ0n) is 43.2. The zero-order chi connectivity index (χ0) is 48.5. The summed E-state index contributed by atoms with van der Waals surface area (Å²) in [6.07, 6.45) is 30.4. The number of anilines is 2. The molecule has 4 aromatic rings. The molecule has 66 heavy (non-hydrogen) atoms. The van der Waals surface area contributed by atoms with E-state index < -0.39 is 0 Å². The van der Waals surface area contributed by atoms with E-state index in [4.69, 9.17) is 15.3 Å². The second kappa shape index (κ2) is 34.0. The number of aryl methyl sites for hydroxylation is 1. The highest BCUT2D eigenvalue weighted by Gasteiger charge is 2.38. The van der Waals surface area contributed by atoms with E-state index in [0.717, 1.165) is 53.4 Å². The van der Waals surface area contributed by atoms with E-state index in [2.05, 4.69) is 53.3 Å². The molecular weight excluding hydrogens is 815 g/mol. The van der Waals surface area contributed by atoms with Gasteiger partial charge in [0.25, 0.3) is 0 Å². The Morgan fingerprint density at radius 3 is 0.803 bits per heavy atom. The van der Waals surface area contributed by atoms with Crippen LogP contribution >= 0.6 is 0 Å². The topological polar surface area (TPSA) is 123 Å². The molecule has 370 valence electrons. The Bertz CT molecular complexity index is 1500. The van der Waals surface area contributed by atoms with Crippen LogP contribution in [0, 0.1) is 41.4 Å². The minimum Gasteiger partial charge on any atom is -0.508 e. The molecule has 0 amide bonds. The Morgan fingerprint density at radius 1 is 0.409 bits per heavy atom. The lowest BCUT2D eigenvalue weighted by Crippen LogP contribution is -2.31. The second-order valence-corrected chi connectivity index (χ2v) is 19.0. The highest BCUT2D eigenvalue weighted by atomic mass is 16.3. The first-order valence-electron chi connectivity index (χ1n) is 26.4. The van der Waals surface area contributed by atoms with E-state index >= 15 is 0 Å². The number of hydrogen-bond acceptors (Lipinski definition) is 8. The Hall–Kier alpha value is -4.33. The van der Waals surface area contributed by atoms with E-state index in [1.54, 1.807) is 124 Å². The zero-order valence-corrected chi connectivity index (χ0v) is 43.2. The number of phenolic OH excluding ortho intramolecular Hbond substituents is 3. The van der Waals surface area contributed by atoms with Gasteiger partial charge in [-0.05, 0) is 194 Å². The van der Waals surface area contributed by atoms with Crippen LogP contribution in [0.5, 0.6) is 17.2 Å². The Labute approximate surface area is 403 Å². The number of aromatic hydroxyl groups is 3. The molecular formula is C58H95N5O3. The van der Waals surface area contributed by atoms with Crippen molar-refractivity contribution < 1.29 is 15.3 Å². The molecule has 0 radical (unpaired) electrons. The summed E-state index contributed by atoms with van der Waals surface area (Å²) in [6, 6.07) is 26.1. The Kier molecular flexibility index (Phi) is 29.8. The molecule has 0 atom stereocenters. The third-order valence-electron chi connectivity index (χ3n) is 14.7. The van der Waals surface area contributed by atoms with Crippen LogP contribution in [0.4, 0.5) is 11.9 Å². The number of nitrogens with one attached hydrogen (secondary N) is 2. The van der Waals surface area contributed by atoms with Gasteiger partial charge in [0, 0.05) is 13.1 Å². The van der Waals surface area contributed by atoms with Crippen LogP contribution in [0.15, 0.2) is 91.0 Å². The Balaban J connectivity index is 0.000000278. The van der Waals surface area contributed by atoms with Crippen molar-refractivity contribution in [1.82, 2.24) is 15.0 Å². The van der Waals surface area contributed by atoms with Gasteiger partial charge in [-0.15, -0.1) is 0 Å². The van der Waals surface area contributed by atoms with Gasteiger partial charge in [-0.25, -0.2) is 0 Å². The summed E-state index contributed by atoms with van der Waals surface area (Å²) < 4.78 is 0. The number of aromatic nitrogens is 3. The molecule has 1 heterocycles. The van der Waals surface area contributed by atoms with Crippen molar-refractivity contribution in [1.29, 1.82) is 0 Å². The molecule has 4 aliphatic carbocycles. The van der Waals surface area contributed by atoms with Gasteiger partial charge in [0.1, 0.15) is 23.1 Å². The molecule has 0 aliphatic heterocycles. The van der Waals surface area contributed by atoms with Crippen LogP contribution in [0.25, 0.3) is 0 Å². The molecule has 8 rings (SSSR count). The fraction of sp³-hybridized carbons (Fsp3) is 0.638. The highest BCUT2D eigenvalue weighted by molar-refractivity contribution is 5.33. The second-order valence-electron chi connectivity index (χ2n) is 19.0. The van der Waals surface area contributed by atoms with Crippen molar-refractivity contribution in [2.75, 3.05) is 23.7 Å². The molecule has 0 saturated heterocycles. The summed E-state index contributed by atoms with van der Waals surface area (Å²) in [5.41, 5.74) is 1.63. The maximum atomic E-state index is 8.63. The largest absolute Gasteiger partial charge is 0.508 e. The number of para-hydroxylation sites is 3. The van der Waals surface area contributed by atoms with Crippen LogP contribution in [0.1, 0.15) is 190 Å². The SMILES string of the molecule is CC.CCC1CCC2(CC1)CCC(CC)CC2.CCC1CCC2(CC1)CCC(CC)CC2.CCNc1nc(C)nc(NCC)n1.Oc1ccccc1.Oc1ccccc1.Oc1ccccc1. The maximum Gasteiger partial charge on any atom is 0.227 e. The number of rotatable bonds is 8. The van der Waals surface area contributed by atoms with Crippen molar-refractivity contribution in [3.8, 4) is 17.2 Å². The van der Waals surface area contributed by atoms with Crippen LogP contribution in [-0.4, -0.2) is 43.4 Å². The number of phenols is 3. The molecule has 0 unspecified atom stereocenters. The van der Waals surface area contributed by atoms with Gasteiger partial charge in [-0.1, -0.05) is 122 Å².